The van der Waals surface area contributed by atoms with Gasteiger partial charge in [0.15, 0.2) is 23.3 Å². The molecule has 2 saturated heterocycles. The summed E-state index contributed by atoms with van der Waals surface area (Å²) in [6.45, 7) is 0.0235. The predicted octanol–water partition coefficient (Wildman–Crippen LogP) is 4.79. The molecular weight excluding hydrogens is 907 g/mol. The van der Waals surface area contributed by atoms with Gasteiger partial charge in [-0.15, -0.1) is 20.4 Å². The van der Waals surface area contributed by atoms with Crippen LogP contribution in [0.5, 0.6) is 0 Å². The molecule has 2 aromatic carbocycles. The first-order valence-electron chi connectivity index (χ1n) is 21.4. The number of aliphatic hydroxyl groups is 1. The minimum absolute atomic E-state index is 0.0263. The van der Waals surface area contributed by atoms with Gasteiger partial charge in [0.25, 0.3) is 5.91 Å². The zero-order valence-electron chi connectivity index (χ0n) is 35.3. The molecular formula is C44H42F6N12O4S. The summed E-state index contributed by atoms with van der Waals surface area (Å²) in [7, 11) is -4.38. The average molecular weight is 949 g/mol. The number of rotatable bonds is 10. The summed E-state index contributed by atoms with van der Waals surface area (Å²) in [5, 5.41) is 40.8. The van der Waals surface area contributed by atoms with E-state index in [4.69, 9.17) is 5.73 Å². The smallest absolute Gasteiger partial charge is 0.371 e. The van der Waals surface area contributed by atoms with Crippen LogP contribution in [0.15, 0.2) is 90.1 Å². The molecule has 67 heavy (non-hydrogen) atoms. The Hall–Kier alpha value is -6.03. The van der Waals surface area contributed by atoms with Gasteiger partial charge >= 0.3 is 12.4 Å². The maximum absolute atomic E-state index is 14.3. The summed E-state index contributed by atoms with van der Waals surface area (Å²) in [5.74, 6) is -1.71. The number of nitrogens with one attached hydrogen (secondary N) is 2. The molecule has 1 amide bonds. The minimum Gasteiger partial charge on any atom is -0.371 e. The summed E-state index contributed by atoms with van der Waals surface area (Å²) < 4.78 is 118. The van der Waals surface area contributed by atoms with Crippen molar-refractivity contribution in [2.75, 3.05) is 32.8 Å². The molecule has 0 spiro atoms. The minimum atomic E-state index is -4.66. The van der Waals surface area contributed by atoms with Gasteiger partial charge in [0.2, 0.25) is 15.8 Å². The first kappa shape index (κ1) is 44.8. The maximum Gasteiger partial charge on any atom is 0.416 e. The molecule has 4 fully saturated rings. The Morgan fingerprint density at radius 2 is 1.43 bits per heavy atom. The van der Waals surface area contributed by atoms with Crippen LogP contribution >= 0.6 is 0 Å². The highest BCUT2D eigenvalue weighted by Gasteiger charge is 2.63. The van der Waals surface area contributed by atoms with E-state index >= 15 is 0 Å². The third-order valence-corrected chi connectivity index (χ3v) is 15.7. The number of nitrogens with two attached hydrogens (primary N) is 1. The molecule has 16 nitrogen and oxygen atoms in total. The van der Waals surface area contributed by atoms with Gasteiger partial charge < -0.3 is 15.7 Å². The largest absolute Gasteiger partial charge is 0.416 e. The van der Waals surface area contributed by atoms with Crippen molar-refractivity contribution in [2.45, 2.75) is 72.1 Å². The normalized spacial score (nSPS) is 26.0. The second kappa shape index (κ2) is 16.1. The fourth-order valence-corrected chi connectivity index (χ4v) is 12.1. The molecule has 23 heteroatoms. The summed E-state index contributed by atoms with van der Waals surface area (Å²) in [5.41, 5.74) is 4.21. The number of carbonyl (C=O) groups is 1. The molecule has 2 unspecified atom stereocenters. The molecule has 6 heterocycles. The van der Waals surface area contributed by atoms with Crippen molar-refractivity contribution in [2.24, 2.45) is 17.6 Å². The van der Waals surface area contributed by atoms with Crippen LogP contribution < -0.4 is 15.8 Å². The first-order chi connectivity index (χ1) is 31.8. The Labute approximate surface area is 378 Å². The molecule has 0 radical (unpaired) electrons. The molecule has 350 valence electrons. The van der Waals surface area contributed by atoms with Crippen molar-refractivity contribution in [3.05, 3.63) is 125 Å². The van der Waals surface area contributed by atoms with Gasteiger partial charge in [-0.25, -0.2) is 8.42 Å². The van der Waals surface area contributed by atoms with Crippen LogP contribution in [0.25, 0.3) is 11.3 Å². The zero-order chi connectivity index (χ0) is 47.3. The maximum atomic E-state index is 14.3. The number of carbonyl (C=O) groups excluding carboxylic acids is 1. The van der Waals surface area contributed by atoms with E-state index in [9.17, 15) is 49.9 Å². The summed E-state index contributed by atoms with van der Waals surface area (Å²) >= 11 is 0. The van der Waals surface area contributed by atoms with E-state index in [1.807, 2.05) is 6.07 Å². The van der Waals surface area contributed by atoms with E-state index in [0.717, 1.165) is 12.1 Å². The predicted molar refractivity (Wildman–Crippen MR) is 225 cm³/mol. The molecule has 0 bridgehead atoms. The molecule has 4 aromatic heterocycles. The number of fused-ring (bicyclic) bond motifs is 4. The Bertz CT molecular complexity index is 3070. The fourth-order valence-electron chi connectivity index (χ4n) is 11.2. The number of aliphatic hydroxyl groups excluding tert-OH is 1. The van der Waals surface area contributed by atoms with Crippen molar-refractivity contribution < 1.29 is 44.7 Å². The van der Waals surface area contributed by atoms with Crippen LogP contribution in [-0.4, -0.2) is 102 Å². The highest BCUT2D eigenvalue weighted by molar-refractivity contribution is 7.89. The molecule has 2 aliphatic heterocycles. The van der Waals surface area contributed by atoms with Crippen molar-refractivity contribution in [1.82, 2.24) is 49.0 Å². The molecule has 2 aliphatic carbocycles. The lowest BCUT2D eigenvalue weighted by atomic mass is 9.84. The van der Waals surface area contributed by atoms with E-state index in [0.29, 0.717) is 18.5 Å². The number of likely N-dealkylation sites (tertiary alicyclic amines) is 2. The van der Waals surface area contributed by atoms with Crippen LogP contribution in [0.4, 0.5) is 26.3 Å². The van der Waals surface area contributed by atoms with Crippen LogP contribution in [0.1, 0.15) is 88.0 Å². The number of halogens is 6. The second-order valence-electron chi connectivity index (χ2n) is 18.1. The van der Waals surface area contributed by atoms with E-state index in [1.165, 1.54) is 63.7 Å². The van der Waals surface area contributed by atoms with Crippen molar-refractivity contribution in [1.29, 1.82) is 5.26 Å². The molecule has 7 atom stereocenters. The van der Waals surface area contributed by atoms with Gasteiger partial charge in [0, 0.05) is 44.1 Å². The standard InChI is InChI=1S/C44H42F6N12O4S/c45-43(46,47)33-7-3-1-5-31(33)26-13-27-19-59(20-28(27)14-26)39(63)37-57-56-36-12-10-30(21-62(36)37)67(65,66)54-24-53-42-16-29(32-6-2-4-8-34(32)44(48,49)50)15-41(42,52)22-60(23-42)40(64)38-58-55-35-11-9-25(17-51)18-61(35)38/h1-12,18,21,26-29,40,53-54,64H,13-16,19-20,22-24,52H2/t26?,27-,28+,29-,40?,41+,42-/m0/s1. The van der Waals surface area contributed by atoms with Gasteiger partial charge in [-0.3, -0.25) is 23.8 Å². The van der Waals surface area contributed by atoms with E-state index in [1.54, 1.807) is 28.0 Å². The van der Waals surface area contributed by atoms with Gasteiger partial charge in [-0.05, 0) is 96.9 Å². The number of benzene rings is 2. The lowest BCUT2D eigenvalue weighted by molar-refractivity contribution is -0.139. The topological polar surface area (TPSA) is 212 Å². The number of amides is 1. The van der Waals surface area contributed by atoms with Gasteiger partial charge in [0.05, 0.1) is 33.8 Å². The Morgan fingerprint density at radius 3 is 2.09 bits per heavy atom. The zero-order valence-corrected chi connectivity index (χ0v) is 36.1. The summed E-state index contributed by atoms with van der Waals surface area (Å²) in [6.07, 6.45) is -6.91. The lowest BCUT2D eigenvalue weighted by Crippen LogP contribution is -2.65. The SMILES string of the molecule is N#Cc1ccc2nnc(C(O)N3C[C@]4(N)C[C@H](c5ccccc5C(F)(F)F)C[C@]4(NCNS(=O)(=O)c4ccc5nnc(C(=O)N6C[C@H]7CC(c8ccccc8C(F)(F)F)C[C@H]7C6)n5c4)C3)n2c1. The average Bonchev–Trinajstić information content (AvgIpc) is 4.14. The molecule has 4 aliphatic rings. The van der Waals surface area contributed by atoms with Crippen molar-refractivity contribution in [3.8, 4) is 6.07 Å². The first-order valence-corrected chi connectivity index (χ1v) is 22.9. The molecule has 10 rings (SSSR count). The molecule has 6 aromatic rings. The summed E-state index contributed by atoms with van der Waals surface area (Å²) in [6, 6.07) is 18.6. The second-order valence-corrected chi connectivity index (χ2v) is 19.9. The monoisotopic (exact) mass is 948 g/mol. The fraction of sp³-hybridized carbons (Fsp3) is 0.409. The Kier molecular flexibility index (Phi) is 10.7. The quantitative estimate of drug-likeness (QED) is 0.108. The third-order valence-electron chi connectivity index (χ3n) is 14.3. The van der Waals surface area contributed by atoms with E-state index in [2.05, 4.69) is 30.4 Å². The Balaban J connectivity index is 0.866. The van der Waals surface area contributed by atoms with E-state index in [-0.39, 0.29) is 95.7 Å². The van der Waals surface area contributed by atoms with Crippen LogP contribution in [0.2, 0.25) is 0 Å². The highest BCUT2D eigenvalue weighted by atomic mass is 32.2. The number of pyridine rings is 2. The number of sulfonamides is 1. The number of hydrogen-bond donors (Lipinski definition) is 4. The summed E-state index contributed by atoms with van der Waals surface area (Å²) in [4.78, 5) is 16.8. The third kappa shape index (κ3) is 7.78. The van der Waals surface area contributed by atoms with E-state index < -0.39 is 69.3 Å². The van der Waals surface area contributed by atoms with Gasteiger partial charge in [-0.1, -0.05) is 36.4 Å². The number of nitriles is 1. The number of aromatic nitrogens is 6. The van der Waals surface area contributed by atoms with Crippen LogP contribution in [0, 0.1) is 23.2 Å². The molecule has 2 saturated carbocycles. The number of hydrogen-bond acceptors (Lipinski definition) is 12. The van der Waals surface area contributed by atoms with Crippen LogP contribution in [-0.2, 0) is 22.4 Å². The Morgan fingerprint density at radius 1 is 0.821 bits per heavy atom. The van der Waals surface area contributed by atoms with Crippen LogP contribution in [0.3, 0.4) is 0 Å². The van der Waals surface area contributed by atoms with Crippen molar-refractivity contribution >= 4 is 27.2 Å². The number of nitrogens with zero attached hydrogens (tertiary/aromatic N) is 9. The van der Waals surface area contributed by atoms with Crippen molar-refractivity contribution in [3.63, 3.8) is 0 Å². The highest BCUT2D eigenvalue weighted by Crippen LogP contribution is 2.53. The van der Waals surface area contributed by atoms with Gasteiger partial charge in [0.1, 0.15) is 6.07 Å². The van der Waals surface area contributed by atoms with Gasteiger partial charge in [-0.2, -0.15) is 36.3 Å². The molecule has 5 N–H and O–H groups in total. The lowest BCUT2D eigenvalue weighted by Gasteiger charge is -2.37. The number of alkyl halides is 6.